The Morgan fingerprint density at radius 3 is 2.39 bits per heavy atom. The monoisotopic (exact) mass is 321 g/mol. The Kier molecular flexibility index (Phi) is 8.80. The van der Waals surface area contributed by atoms with Crippen LogP contribution in [0.4, 0.5) is 4.79 Å². The lowest BCUT2D eigenvalue weighted by Gasteiger charge is -2.10. The number of carbonyl (C=O) groups excluding carboxylic acids is 2. The van der Waals surface area contributed by atoms with E-state index in [4.69, 9.17) is 9.47 Å². The maximum Gasteiger partial charge on any atom is 0.406 e. The Hall–Kier alpha value is -2.04. The zero-order chi connectivity index (χ0) is 17.1. The van der Waals surface area contributed by atoms with Crippen molar-refractivity contribution >= 4 is 12.1 Å². The quantitative estimate of drug-likeness (QED) is 0.559. The minimum atomic E-state index is -0.526. The number of esters is 1. The number of hydrogen-bond donors (Lipinski definition) is 1. The van der Waals surface area contributed by atoms with Gasteiger partial charge in [-0.05, 0) is 36.3 Å². The van der Waals surface area contributed by atoms with E-state index in [9.17, 15) is 9.59 Å². The molecule has 1 rings (SSSR count). The van der Waals surface area contributed by atoms with Crippen molar-refractivity contribution in [3.63, 3.8) is 0 Å². The summed E-state index contributed by atoms with van der Waals surface area (Å²) in [6.45, 7) is 4.57. The second kappa shape index (κ2) is 10.6. The van der Waals surface area contributed by atoms with Crippen molar-refractivity contribution in [1.82, 2.24) is 5.32 Å². The van der Waals surface area contributed by atoms with Gasteiger partial charge >= 0.3 is 12.1 Å². The number of benzene rings is 1. The van der Waals surface area contributed by atoms with E-state index in [2.05, 4.69) is 43.4 Å². The first kappa shape index (κ1) is 19.0. The van der Waals surface area contributed by atoms with Crippen LogP contribution < -0.4 is 5.32 Å². The fraction of sp³-hybridized carbons (Fsp3) is 0.556. The molecule has 0 saturated heterocycles. The Balaban J connectivity index is 2.18. The average Bonchev–Trinajstić information content (AvgIpc) is 2.58. The SMILES string of the molecule is CCC(C)c1ccc(CCCC(=O)OCCOC(=O)NC)cc1. The highest BCUT2D eigenvalue weighted by atomic mass is 16.6. The van der Waals surface area contributed by atoms with Gasteiger partial charge in [-0.15, -0.1) is 0 Å². The van der Waals surface area contributed by atoms with Gasteiger partial charge < -0.3 is 14.8 Å². The van der Waals surface area contributed by atoms with Gasteiger partial charge in [-0.2, -0.15) is 0 Å². The summed E-state index contributed by atoms with van der Waals surface area (Å²) in [5.41, 5.74) is 2.58. The summed E-state index contributed by atoms with van der Waals surface area (Å²) in [7, 11) is 1.48. The van der Waals surface area contributed by atoms with Crippen LogP contribution in [0.25, 0.3) is 0 Å². The summed E-state index contributed by atoms with van der Waals surface area (Å²) >= 11 is 0. The molecule has 1 atom stereocenters. The zero-order valence-corrected chi connectivity index (χ0v) is 14.3. The number of ether oxygens (including phenoxy) is 2. The minimum Gasteiger partial charge on any atom is -0.462 e. The molecule has 1 aromatic rings. The summed E-state index contributed by atoms with van der Waals surface area (Å²) in [6.07, 6.45) is 2.58. The second-order valence-electron chi connectivity index (χ2n) is 5.51. The molecular weight excluding hydrogens is 294 g/mol. The molecule has 0 aliphatic rings. The largest absolute Gasteiger partial charge is 0.462 e. The number of rotatable bonds is 9. The Morgan fingerprint density at radius 1 is 1.13 bits per heavy atom. The Bertz CT molecular complexity index is 484. The van der Waals surface area contributed by atoms with Crippen LogP contribution in [0.2, 0.25) is 0 Å². The van der Waals surface area contributed by atoms with Crippen molar-refractivity contribution in [2.24, 2.45) is 0 Å². The van der Waals surface area contributed by atoms with Crippen molar-refractivity contribution in [3.8, 4) is 0 Å². The number of carbonyl (C=O) groups is 2. The van der Waals surface area contributed by atoms with Crippen molar-refractivity contribution in [2.75, 3.05) is 20.3 Å². The van der Waals surface area contributed by atoms with Gasteiger partial charge in [0.1, 0.15) is 13.2 Å². The van der Waals surface area contributed by atoms with Crippen molar-refractivity contribution in [1.29, 1.82) is 0 Å². The Labute approximate surface area is 138 Å². The molecule has 5 nitrogen and oxygen atoms in total. The molecule has 23 heavy (non-hydrogen) atoms. The molecule has 0 bridgehead atoms. The molecule has 0 spiro atoms. The summed E-state index contributed by atoms with van der Waals surface area (Å²) in [4.78, 5) is 22.3. The molecular formula is C18H27NO4. The van der Waals surface area contributed by atoms with Gasteiger partial charge in [-0.25, -0.2) is 4.79 Å². The maximum absolute atomic E-state index is 11.6. The third kappa shape index (κ3) is 7.68. The first-order chi connectivity index (χ1) is 11.1. The second-order valence-corrected chi connectivity index (χ2v) is 5.51. The van der Waals surface area contributed by atoms with E-state index in [0.717, 1.165) is 19.3 Å². The fourth-order valence-electron chi connectivity index (χ4n) is 2.12. The zero-order valence-electron chi connectivity index (χ0n) is 14.3. The number of amides is 1. The van der Waals surface area contributed by atoms with Crippen molar-refractivity contribution < 1.29 is 19.1 Å². The molecule has 0 fully saturated rings. The number of alkyl carbamates (subject to hydrolysis) is 1. The van der Waals surface area contributed by atoms with Crippen LogP contribution in [0.15, 0.2) is 24.3 Å². The lowest BCUT2D eigenvalue weighted by atomic mass is 9.96. The van der Waals surface area contributed by atoms with Crippen LogP contribution in [-0.2, 0) is 20.7 Å². The summed E-state index contributed by atoms with van der Waals surface area (Å²) in [6, 6.07) is 8.59. The van der Waals surface area contributed by atoms with Crippen LogP contribution >= 0.6 is 0 Å². The first-order valence-electron chi connectivity index (χ1n) is 8.15. The molecule has 0 radical (unpaired) electrons. The number of nitrogens with one attached hydrogen (secondary N) is 1. The van der Waals surface area contributed by atoms with Gasteiger partial charge in [-0.1, -0.05) is 38.1 Å². The van der Waals surface area contributed by atoms with Crippen molar-refractivity contribution in [2.45, 2.75) is 45.4 Å². The number of hydrogen-bond acceptors (Lipinski definition) is 4. The molecule has 0 aliphatic heterocycles. The highest BCUT2D eigenvalue weighted by Crippen LogP contribution is 2.19. The van der Waals surface area contributed by atoms with Crippen LogP contribution in [0.3, 0.4) is 0 Å². The van der Waals surface area contributed by atoms with Crippen LogP contribution in [0.5, 0.6) is 0 Å². The maximum atomic E-state index is 11.6. The predicted molar refractivity (Wildman–Crippen MR) is 89.5 cm³/mol. The summed E-state index contributed by atoms with van der Waals surface area (Å²) in [5, 5.41) is 2.32. The van der Waals surface area contributed by atoms with Gasteiger partial charge in [0.15, 0.2) is 0 Å². The molecule has 0 aliphatic carbocycles. The fourth-order valence-corrected chi connectivity index (χ4v) is 2.12. The van der Waals surface area contributed by atoms with E-state index in [1.807, 2.05) is 0 Å². The molecule has 1 unspecified atom stereocenters. The highest BCUT2D eigenvalue weighted by molar-refractivity contribution is 5.69. The normalized spacial score (nSPS) is 11.6. The third-order valence-corrected chi connectivity index (χ3v) is 3.79. The van der Waals surface area contributed by atoms with E-state index in [1.165, 1.54) is 18.2 Å². The van der Waals surface area contributed by atoms with Gasteiger partial charge in [0.2, 0.25) is 0 Å². The Morgan fingerprint density at radius 2 is 1.78 bits per heavy atom. The molecule has 128 valence electrons. The van der Waals surface area contributed by atoms with Gasteiger partial charge in [0.05, 0.1) is 0 Å². The van der Waals surface area contributed by atoms with Gasteiger partial charge in [0, 0.05) is 13.5 Å². The van der Waals surface area contributed by atoms with E-state index in [1.54, 1.807) is 0 Å². The first-order valence-corrected chi connectivity index (χ1v) is 8.15. The topological polar surface area (TPSA) is 64.6 Å². The smallest absolute Gasteiger partial charge is 0.406 e. The predicted octanol–water partition coefficient (Wildman–Crippen LogP) is 3.42. The molecule has 0 heterocycles. The minimum absolute atomic E-state index is 0.0719. The van der Waals surface area contributed by atoms with Gasteiger partial charge in [0.25, 0.3) is 0 Å². The van der Waals surface area contributed by atoms with Crippen molar-refractivity contribution in [3.05, 3.63) is 35.4 Å². The number of aryl methyl sites for hydroxylation is 1. The third-order valence-electron chi connectivity index (χ3n) is 3.79. The van der Waals surface area contributed by atoms with E-state index in [0.29, 0.717) is 12.3 Å². The molecule has 5 heteroatoms. The van der Waals surface area contributed by atoms with E-state index >= 15 is 0 Å². The summed E-state index contributed by atoms with van der Waals surface area (Å²) in [5.74, 6) is 0.317. The lowest BCUT2D eigenvalue weighted by Crippen LogP contribution is -2.22. The average molecular weight is 321 g/mol. The standard InChI is InChI=1S/C18H27NO4/c1-4-14(2)16-10-8-15(9-11-16)6-5-7-17(20)22-12-13-23-18(21)19-3/h8-11,14H,4-7,12-13H2,1-3H3,(H,19,21). The molecule has 1 N–H and O–H groups in total. The molecule has 0 aromatic heterocycles. The van der Waals surface area contributed by atoms with Crippen LogP contribution in [0.1, 0.15) is 50.2 Å². The molecule has 1 amide bonds. The van der Waals surface area contributed by atoms with Crippen LogP contribution in [-0.4, -0.2) is 32.3 Å². The van der Waals surface area contributed by atoms with E-state index in [-0.39, 0.29) is 19.2 Å². The van der Waals surface area contributed by atoms with E-state index < -0.39 is 6.09 Å². The molecule has 1 aromatic carbocycles. The summed E-state index contributed by atoms with van der Waals surface area (Å²) < 4.78 is 9.72. The van der Waals surface area contributed by atoms with Crippen LogP contribution in [0, 0.1) is 0 Å². The molecule has 0 saturated carbocycles. The highest BCUT2D eigenvalue weighted by Gasteiger charge is 2.06. The van der Waals surface area contributed by atoms with Gasteiger partial charge in [-0.3, -0.25) is 4.79 Å². The lowest BCUT2D eigenvalue weighted by molar-refractivity contribution is -0.144.